The van der Waals surface area contributed by atoms with Crippen LogP contribution in [0.2, 0.25) is 0 Å². The summed E-state index contributed by atoms with van der Waals surface area (Å²) < 4.78 is 11.0. The van der Waals surface area contributed by atoms with Crippen molar-refractivity contribution >= 4 is 22.8 Å². The molecule has 0 bridgehead atoms. The van der Waals surface area contributed by atoms with Crippen LogP contribution in [0.25, 0.3) is 22.5 Å². The molecule has 6 nitrogen and oxygen atoms in total. The highest BCUT2D eigenvalue weighted by molar-refractivity contribution is 7.99. The van der Waals surface area contributed by atoms with E-state index in [1.807, 2.05) is 37.3 Å². The van der Waals surface area contributed by atoms with Crippen LogP contribution in [0.5, 0.6) is 5.75 Å². The molecule has 0 spiro atoms. The third-order valence-electron chi connectivity index (χ3n) is 4.03. The van der Waals surface area contributed by atoms with Gasteiger partial charge in [0.05, 0.1) is 23.4 Å². The number of aromatic amines is 1. The molecule has 0 unspecified atom stereocenters. The maximum absolute atomic E-state index is 5.84. The van der Waals surface area contributed by atoms with Crippen LogP contribution in [-0.2, 0) is 0 Å². The zero-order valence-electron chi connectivity index (χ0n) is 14.7. The average Bonchev–Trinajstić information content (AvgIpc) is 3.28. The van der Waals surface area contributed by atoms with Gasteiger partial charge in [-0.05, 0) is 55.8 Å². The molecule has 0 saturated carbocycles. The maximum Gasteiger partial charge on any atom is 0.247 e. The summed E-state index contributed by atoms with van der Waals surface area (Å²) in [6, 6.07) is 13.7. The summed E-state index contributed by atoms with van der Waals surface area (Å²) in [7, 11) is 1.64. The van der Waals surface area contributed by atoms with Gasteiger partial charge >= 0.3 is 0 Å². The van der Waals surface area contributed by atoms with Gasteiger partial charge in [-0.25, -0.2) is 4.98 Å². The van der Waals surface area contributed by atoms with E-state index < -0.39 is 0 Å². The standard InChI is InChI=1S/C19H18N4O2S/c1-11-4-9-15-16(10-11)21-19(20-15)26-12(2)17-22-23-18(25-17)13-5-7-14(24-3)8-6-13/h4-10,12H,1-3H3,(H,20,21)/t12-/m1/s1. The molecule has 4 aromatic rings. The second kappa shape index (κ2) is 6.84. The summed E-state index contributed by atoms with van der Waals surface area (Å²) in [4.78, 5) is 7.94. The third-order valence-corrected chi connectivity index (χ3v) is 5.00. The van der Waals surface area contributed by atoms with Crippen LogP contribution in [0.15, 0.2) is 52.0 Å². The Morgan fingerprint density at radius 1 is 1.12 bits per heavy atom. The van der Waals surface area contributed by atoms with Gasteiger partial charge in [0.25, 0.3) is 0 Å². The smallest absolute Gasteiger partial charge is 0.247 e. The van der Waals surface area contributed by atoms with Crippen LogP contribution in [0.4, 0.5) is 0 Å². The van der Waals surface area contributed by atoms with Crippen molar-refractivity contribution in [2.45, 2.75) is 24.3 Å². The molecule has 0 aliphatic heterocycles. The van der Waals surface area contributed by atoms with Crippen molar-refractivity contribution in [2.24, 2.45) is 0 Å². The van der Waals surface area contributed by atoms with Gasteiger partial charge < -0.3 is 14.1 Å². The van der Waals surface area contributed by atoms with Crippen molar-refractivity contribution in [1.82, 2.24) is 20.2 Å². The minimum Gasteiger partial charge on any atom is -0.497 e. The SMILES string of the molecule is COc1ccc(-c2nnc([C@@H](C)Sc3nc4ccc(C)cc4[nH]3)o2)cc1. The van der Waals surface area contributed by atoms with Crippen molar-refractivity contribution in [1.29, 1.82) is 0 Å². The summed E-state index contributed by atoms with van der Waals surface area (Å²) in [6.07, 6.45) is 0. The van der Waals surface area contributed by atoms with Crippen molar-refractivity contribution in [2.75, 3.05) is 7.11 Å². The van der Waals surface area contributed by atoms with Crippen LogP contribution in [0.1, 0.15) is 23.6 Å². The summed E-state index contributed by atoms with van der Waals surface area (Å²) in [5.41, 5.74) is 4.05. The Kier molecular flexibility index (Phi) is 4.38. The number of benzene rings is 2. The van der Waals surface area contributed by atoms with Crippen molar-refractivity contribution in [3.8, 4) is 17.2 Å². The first-order valence-corrected chi connectivity index (χ1v) is 9.11. The number of imidazole rings is 1. The summed E-state index contributed by atoms with van der Waals surface area (Å²) in [5.74, 6) is 1.85. The fourth-order valence-corrected chi connectivity index (χ4v) is 3.47. The first-order chi connectivity index (χ1) is 12.6. The lowest BCUT2D eigenvalue weighted by Gasteiger charge is -2.03. The van der Waals surface area contributed by atoms with Gasteiger partial charge in [0.15, 0.2) is 5.16 Å². The van der Waals surface area contributed by atoms with E-state index in [1.165, 1.54) is 5.56 Å². The molecular weight excluding hydrogens is 348 g/mol. The van der Waals surface area contributed by atoms with Gasteiger partial charge in [-0.1, -0.05) is 17.8 Å². The highest BCUT2D eigenvalue weighted by Gasteiger charge is 2.18. The lowest BCUT2D eigenvalue weighted by Crippen LogP contribution is -1.89. The number of hydrogen-bond acceptors (Lipinski definition) is 6. The van der Waals surface area contributed by atoms with Crippen LogP contribution in [-0.4, -0.2) is 27.3 Å². The number of aromatic nitrogens is 4. The number of nitrogens with zero attached hydrogens (tertiary/aromatic N) is 3. The fraction of sp³-hybridized carbons (Fsp3) is 0.211. The molecule has 0 aliphatic carbocycles. The molecule has 26 heavy (non-hydrogen) atoms. The van der Waals surface area contributed by atoms with E-state index in [9.17, 15) is 0 Å². The molecule has 0 radical (unpaired) electrons. The van der Waals surface area contributed by atoms with E-state index >= 15 is 0 Å². The van der Waals surface area contributed by atoms with E-state index in [2.05, 4.69) is 39.2 Å². The Morgan fingerprint density at radius 3 is 2.69 bits per heavy atom. The second-order valence-electron chi connectivity index (χ2n) is 6.00. The zero-order chi connectivity index (χ0) is 18.1. The molecule has 2 heterocycles. The van der Waals surface area contributed by atoms with Crippen molar-refractivity contribution in [3.63, 3.8) is 0 Å². The molecule has 1 N–H and O–H groups in total. The zero-order valence-corrected chi connectivity index (χ0v) is 15.5. The fourth-order valence-electron chi connectivity index (χ4n) is 2.62. The molecule has 0 fully saturated rings. The molecule has 7 heteroatoms. The number of ether oxygens (including phenoxy) is 1. The van der Waals surface area contributed by atoms with E-state index in [-0.39, 0.29) is 5.25 Å². The minimum absolute atomic E-state index is 0.0174. The molecule has 2 aromatic carbocycles. The van der Waals surface area contributed by atoms with Gasteiger partial charge in [0, 0.05) is 5.56 Å². The normalized spacial score (nSPS) is 12.4. The number of H-pyrrole nitrogens is 1. The van der Waals surface area contributed by atoms with Gasteiger partial charge in [0.2, 0.25) is 11.8 Å². The van der Waals surface area contributed by atoms with Crippen molar-refractivity contribution in [3.05, 3.63) is 53.9 Å². The van der Waals surface area contributed by atoms with Gasteiger partial charge in [-0.3, -0.25) is 0 Å². The first-order valence-electron chi connectivity index (χ1n) is 8.23. The maximum atomic E-state index is 5.84. The van der Waals surface area contributed by atoms with Crippen LogP contribution >= 0.6 is 11.8 Å². The molecule has 0 saturated heterocycles. The lowest BCUT2D eigenvalue weighted by atomic mass is 10.2. The van der Waals surface area contributed by atoms with E-state index in [0.29, 0.717) is 11.8 Å². The molecule has 132 valence electrons. The van der Waals surface area contributed by atoms with Crippen molar-refractivity contribution < 1.29 is 9.15 Å². The largest absolute Gasteiger partial charge is 0.497 e. The summed E-state index contributed by atoms with van der Waals surface area (Å²) in [6.45, 7) is 4.09. The van der Waals surface area contributed by atoms with Gasteiger partial charge in [-0.2, -0.15) is 0 Å². The highest BCUT2D eigenvalue weighted by atomic mass is 32.2. The highest BCUT2D eigenvalue weighted by Crippen LogP contribution is 2.34. The predicted octanol–water partition coefficient (Wildman–Crippen LogP) is 4.78. The van der Waals surface area contributed by atoms with E-state index in [0.717, 1.165) is 27.5 Å². The van der Waals surface area contributed by atoms with Crippen LogP contribution in [0.3, 0.4) is 0 Å². The second-order valence-corrected chi connectivity index (χ2v) is 7.33. The Morgan fingerprint density at radius 2 is 1.92 bits per heavy atom. The molecule has 1 atom stereocenters. The quantitative estimate of drug-likeness (QED) is 0.512. The van der Waals surface area contributed by atoms with Crippen LogP contribution in [0, 0.1) is 6.92 Å². The number of thioether (sulfide) groups is 1. The number of fused-ring (bicyclic) bond motifs is 1. The molecule has 0 amide bonds. The Bertz CT molecular complexity index is 1040. The number of rotatable bonds is 5. The first kappa shape index (κ1) is 16.7. The van der Waals surface area contributed by atoms with Gasteiger partial charge in [0.1, 0.15) is 5.75 Å². The Labute approximate surface area is 155 Å². The topological polar surface area (TPSA) is 76.8 Å². The molecular formula is C19H18N4O2S. The summed E-state index contributed by atoms with van der Waals surface area (Å²) in [5, 5.41) is 9.16. The van der Waals surface area contributed by atoms with Gasteiger partial charge in [-0.15, -0.1) is 10.2 Å². The lowest BCUT2D eigenvalue weighted by molar-refractivity contribution is 0.415. The third kappa shape index (κ3) is 3.30. The monoisotopic (exact) mass is 366 g/mol. The Hall–Kier alpha value is -2.80. The molecule has 0 aliphatic rings. The van der Waals surface area contributed by atoms with E-state index in [4.69, 9.17) is 9.15 Å². The Balaban J connectivity index is 1.52. The number of hydrogen-bond donors (Lipinski definition) is 1. The molecule has 4 rings (SSSR count). The molecule has 2 aromatic heterocycles. The number of aryl methyl sites for hydroxylation is 1. The summed E-state index contributed by atoms with van der Waals surface area (Å²) >= 11 is 1.56. The number of methoxy groups -OCH3 is 1. The predicted molar refractivity (Wildman–Crippen MR) is 101 cm³/mol. The van der Waals surface area contributed by atoms with Crippen LogP contribution < -0.4 is 4.74 Å². The van der Waals surface area contributed by atoms with E-state index in [1.54, 1.807) is 18.9 Å². The number of nitrogens with one attached hydrogen (secondary N) is 1. The average molecular weight is 366 g/mol. The minimum atomic E-state index is -0.0174.